The number of fused-ring (bicyclic) bond motifs is 1. The topological polar surface area (TPSA) is 36.4 Å². The van der Waals surface area contributed by atoms with E-state index in [1.54, 1.807) is 28.0 Å². The van der Waals surface area contributed by atoms with Crippen molar-refractivity contribution < 1.29 is 4.79 Å². The molecule has 0 saturated carbocycles. The van der Waals surface area contributed by atoms with Crippen molar-refractivity contribution in [2.75, 3.05) is 38.3 Å². The molecular weight excluding hydrogens is 430 g/mol. The molecule has 0 saturated heterocycles. The molecule has 3 rings (SSSR count). The summed E-state index contributed by atoms with van der Waals surface area (Å²) in [6.45, 7) is 1.36. The van der Waals surface area contributed by atoms with Crippen LogP contribution in [-0.2, 0) is 0 Å². The van der Waals surface area contributed by atoms with Gasteiger partial charge in [0.2, 0.25) is 0 Å². The van der Waals surface area contributed by atoms with Crippen molar-refractivity contribution in [2.24, 2.45) is 0 Å². The van der Waals surface area contributed by atoms with Crippen molar-refractivity contribution >= 4 is 60.3 Å². The normalized spacial score (nSPS) is 11.3. The first-order chi connectivity index (χ1) is 12.5. The Labute approximate surface area is 170 Å². The fraction of sp³-hybridized carbons (Fsp3) is 0.263. The van der Waals surface area contributed by atoms with Crippen LogP contribution in [0.1, 0.15) is 10.4 Å². The third kappa shape index (κ3) is 4.28. The van der Waals surface area contributed by atoms with Gasteiger partial charge in [-0.3, -0.25) is 9.69 Å². The number of nitrogens with zero attached hydrogens (tertiary/aromatic N) is 3. The van der Waals surface area contributed by atoms with Crippen LogP contribution in [0.2, 0.25) is 0 Å². The summed E-state index contributed by atoms with van der Waals surface area (Å²) in [6, 6.07) is 13.7. The molecule has 0 radical (unpaired) electrons. The molecule has 136 valence electrons. The Morgan fingerprint density at radius 1 is 1.19 bits per heavy atom. The lowest BCUT2D eigenvalue weighted by Crippen LogP contribution is -2.36. The zero-order valence-electron chi connectivity index (χ0n) is 14.9. The van der Waals surface area contributed by atoms with Gasteiger partial charge in [0.05, 0.1) is 10.2 Å². The van der Waals surface area contributed by atoms with Gasteiger partial charge in [-0.25, -0.2) is 4.98 Å². The zero-order valence-corrected chi connectivity index (χ0v) is 18.1. The van der Waals surface area contributed by atoms with Crippen LogP contribution in [0.15, 0.2) is 51.8 Å². The van der Waals surface area contributed by atoms with E-state index < -0.39 is 0 Å². The van der Waals surface area contributed by atoms with E-state index in [0.29, 0.717) is 12.1 Å². The highest BCUT2D eigenvalue weighted by molar-refractivity contribution is 9.10. The number of aromatic nitrogens is 1. The SMILES string of the molecule is CSc1cccc2sc(N(CCN(C)C)C(=O)c3cccc(Br)c3)nc12. The molecule has 0 N–H and O–H groups in total. The smallest absolute Gasteiger partial charge is 0.260 e. The highest BCUT2D eigenvalue weighted by atomic mass is 79.9. The van der Waals surface area contributed by atoms with E-state index >= 15 is 0 Å². The van der Waals surface area contributed by atoms with E-state index in [-0.39, 0.29) is 5.91 Å². The maximum Gasteiger partial charge on any atom is 0.260 e. The van der Waals surface area contributed by atoms with Crippen molar-refractivity contribution in [2.45, 2.75) is 4.90 Å². The molecule has 0 aliphatic rings. The molecule has 0 spiro atoms. The van der Waals surface area contributed by atoms with Gasteiger partial charge >= 0.3 is 0 Å². The highest BCUT2D eigenvalue weighted by Crippen LogP contribution is 2.34. The second-order valence-corrected chi connectivity index (χ2v) is 8.85. The number of thiazole rings is 1. The molecular formula is C19H20BrN3OS2. The summed E-state index contributed by atoms with van der Waals surface area (Å²) in [5, 5.41) is 0.744. The van der Waals surface area contributed by atoms with Crippen LogP contribution in [0.5, 0.6) is 0 Å². The predicted octanol–water partition coefficient (Wildman–Crippen LogP) is 4.99. The van der Waals surface area contributed by atoms with Crippen molar-refractivity contribution in [3.63, 3.8) is 0 Å². The van der Waals surface area contributed by atoms with Crippen LogP contribution in [0.25, 0.3) is 10.2 Å². The molecule has 4 nitrogen and oxygen atoms in total. The van der Waals surface area contributed by atoms with Crippen molar-refractivity contribution in [1.82, 2.24) is 9.88 Å². The van der Waals surface area contributed by atoms with Gasteiger partial charge in [-0.1, -0.05) is 39.4 Å². The molecule has 0 fully saturated rings. The van der Waals surface area contributed by atoms with Gasteiger partial charge < -0.3 is 4.90 Å². The summed E-state index contributed by atoms with van der Waals surface area (Å²) in [6.07, 6.45) is 2.05. The van der Waals surface area contributed by atoms with E-state index in [4.69, 9.17) is 4.98 Å². The average Bonchev–Trinajstić information content (AvgIpc) is 3.05. The van der Waals surface area contributed by atoms with E-state index in [0.717, 1.165) is 31.3 Å². The third-order valence-corrected chi connectivity index (χ3v) is 6.22. The lowest BCUT2D eigenvalue weighted by Gasteiger charge is -2.22. The molecule has 0 aliphatic carbocycles. The standard InChI is InChI=1S/C19H20BrN3OS2/c1-22(2)10-11-23(18(24)13-6-4-7-14(20)12-13)19-21-17-15(25-3)8-5-9-16(17)26-19/h4-9,12H,10-11H2,1-3H3. The Morgan fingerprint density at radius 3 is 2.65 bits per heavy atom. The number of amides is 1. The van der Waals surface area contributed by atoms with Crippen molar-refractivity contribution in [3.8, 4) is 0 Å². The van der Waals surface area contributed by atoms with Crippen LogP contribution in [0, 0.1) is 0 Å². The van der Waals surface area contributed by atoms with Gasteiger partial charge in [0.15, 0.2) is 5.13 Å². The Balaban J connectivity index is 2.02. The first kappa shape index (κ1) is 19.4. The molecule has 1 amide bonds. The van der Waals surface area contributed by atoms with Gasteiger partial charge in [0.1, 0.15) is 0 Å². The van der Waals surface area contributed by atoms with Crippen molar-refractivity contribution in [3.05, 3.63) is 52.5 Å². The van der Waals surface area contributed by atoms with E-state index in [9.17, 15) is 4.79 Å². The zero-order chi connectivity index (χ0) is 18.7. The summed E-state index contributed by atoms with van der Waals surface area (Å²) in [5.41, 5.74) is 1.62. The molecule has 1 heterocycles. The third-order valence-electron chi connectivity index (χ3n) is 3.91. The van der Waals surface area contributed by atoms with E-state index in [1.165, 1.54) is 0 Å². The molecule has 0 unspecified atom stereocenters. The molecule has 26 heavy (non-hydrogen) atoms. The first-order valence-corrected chi connectivity index (χ1v) is 11.0. The number of hydrogen-bond donors (Lipinski definition) is 0. The van der Waals surface area contributed by atoms with Gasteiger partial charge in [-0.2, -0.15) is 0 Å². The Morgan fingerprint density at radius 2 is 1.96 bits per heavy atom. The minimum Gasteiger partial charge on any atom is -0.308 e. The van der Waals surface area contributed by atoms with E-state index in [2.05, 4.69) is 33.0 Å². The second-order valence-electron chi connectivity index (χ2n) is 6.07. The number of anilines is 1. The summed E-state index contributed by atoms with van der Waals surface area (Å²) in [4.78, 5) is 23.0. The summed E-state index contributed by atoms with van der Waals surface area (Å²) in [7, 11) is 4.01. The number of thioether (sulfide) groups is 1. The molecule has 3 aromatic rings. The van der Waals surface area contributed by atoms with Gasteiger partial charge in [-0.05, 0) is 50.7 Å². The van der Waals surface area contributed by atoms with Gasteiger partial charge in [0, 0.05) is 28.0 Å². The second kappa shape index (κ2) is 8.52. The van der Waals surface area contributed by atoms with E-state index in [1.807, 2.05) is 50.7 Å². The van der Waals surface area contributed by atoms with Gasteiger partial charge in [0.25, 0.3) is 5.91 Å². The molecule has 7 heteroatoms. The Hall–Kier alpha value is -1.41. The number of benzene rings is 2. The number of carbonyl (C=O) groups excluding carboxylic acids is 1. The maximum absolute atomic E-state index is 13.2. The van der Waals surface area contributed by atoms with Crippen LogP contribution in [-0.4, -0.2) is 49.2 Å². The molecule has 2 aromatic carbocycles. The number of carbonyl (C=O) groups is 1. The minimum absolute atomic E-state index is 0.0297. The summed E-state index contributed by atoms with van der Waals surface area (Å²) < 4.78 is 1.99. The monoisotopic (exact) mass is 449 g/mol. The molecule has 0 atom stereocenters. The number of para-hydroxylation sites is 1. The molecule has 1 aromatic heterocycles. The predicted molar refractivity (Wildman–Crippen MR) is 116 cm³/mol. The lowest BCUT2D eigenvalue weighted by molar-refractivity contribution is 0.0985. The van der Waals surface area contributed by atoms with Crippen LogP contribution in [0.4, 0.5) is 5.13 Å². The lowest BCUT2D eigenvalue weighted by atomic mass is 10.2. The van der Waals surface area contributed by atoms with Crippen molar-refractivity contribution in [1.29, 1.82) is 0 Å². The highest BCUT2D eigenvalue weighted by Gasteiger charge is 2.22. The first-order valence-electron chi connectivity index (χ1n) is 8.15. The molecule has 0 aliphatic heterocycles. The van der Waals surface area contributed by atoms with Crippen LogP contribution >= 0.6 is 39.0 Å². The van der Waals surface area contributed by atoms with Crippen LogP contribution in [0.3, 0.4) is 0 Å². The number of rotatable bonds is 6. The Kier molecular flexibility index (Phi) is 6.34. The fourth-order valence-corrected chi connectivity index (χ4v) is 4.60. The number of halogens is 1. The quantitative estimate of drug-likeness (QED) is 0.496. The summed E-state index contributed by atoms with van der Waals surface area (Å²) >= 11 is 6.69. The fourth-order valence-electron chi connectivity index (χ4n) is 2.55. The average molecular weight is 450 g/mol. The minimum atomic E-state index is -0.0297. The van der Waals surface area contributed by atoms with Crippen LogP contribution < -0.4 is 4.90 Å². The summed E-state index contributed by atoms with van der Waals surface area (Å²) in [5.74, 6) is -0.0297. The largest absolute Gasteiger partial charge is 0.308 e. The Bertz CT molecular complexity index is 926. The maximum atomic E-state index is 13.2. The number of likely N-dealkylation sites (N-methyl/N-ethyl adjacent to an activating group) is 1. The number of hydrogen-bond acceptors (Lipinski definition) is 5. The molecule has 0 bridgehead atoms. The van der Waals surface area contributed by atoms with Gasteiger partial charge in [-0.15, -0.1) is 11.8 Å².